The maximum atomic E-state index is 13.0. The van der Waals surface area contributed by atoms with Gasteiger partial charge in [0, 0.05) is 32.0 Å². The maximum absolute atomic E-state index is 13.0. The number of halogens is 3. The summed E-state index contributed by atoms with van der Waals surface area (Å²) in [5.74, 6) is 0.0799. The Labute approximate surface area is 222 Å². The van der Waals surface area contributed by atoms with Crippen LogP contribution in [0.15, 0.2) is 48.5 Å². The van der Waals surface area contributed by atoms with E-state index in [-0.39, 0.29) is 23.6 Å². The summed E-state index contributed by atoms with van der Waals surface area (Å²) in [5, 5.41) is 0. The second-order valence-corrected chi connectivity index (χ2v) is 10.3. The average Bonchev–Trinajstić information content (AvgIpc) is 3.27. The Morgan fingerprint density at radius 1 is 1.00 bits per heavy atom. The molecule has 2 aliphatic rings. The molecule has 1 heterocycles. The van der Waals surface area contributed by atoms with Crippen LogP contribution in [0.5, 0.6) is 0 Å². The zero-order valence-corrected chi connectivity index (χ0v) is 21.7. The van der Waals surface area contributed by atoms with Gasteiger partial charge in [0.05, 0.1) is 24.3 Å². The van der Waals surface area contributed by atoms with Crippen molar-refractivity contribution in [3.05, 3.63) is 70.8 Å². The number of nitrogens with zero attached hydrogens (tertiary/aromatic N) is 1. The predicted octanol–water partition coefficient (Wildman–Crippen LogP) is 5.75. The van der Waals surface area contributed by atoms with Crippen molar-refractivity contribution in [1.82, 2.24) is 4.90 Å². The third kappa shape index (κ3) is 8.14. The summed E-state index contributed by atoms with van der Waals surface area (Å²) >= 11 is 0. The van der Waals surface area contributed by atoms with E-state index in [0.29, 0.717) is 56.8 Å². The van der Waals surface area contributed by atoms with E-state index in [0.717, 1.165) is 50.4 Å². The first-order valence-corrected chi connectivity index (χ1v) is 13.5. The number of esters is 1. The highest BCUT2D eigenvalue weighted by molar-refractivity contribution is 5.89. The number of carbonyl (C=O) groups is 2. The van der Waals surface area contributed by atoms with Gasteiger partial charge in [-0.05, 0) is 73.8 Å². The molecule has 8 heteroatoms. The van der Waals surface area contributed by atoms with Gasteiger partial charge in [0.2, 0.25) is 0 Å². The van der Waals surface area contributed by atoms with Crippen LogP contribution >= 0.6 is 0 Å². The minimum absolute atomic E-state index is 0.0471. The fourth-order valence-electron chi connectivity index (χ4n) is 5.53. The number of hydrogen-bond acceptors (Lipinski definition) is 5. The number of aryl methyl sites for hydroxylation is 2. The van der Waals surface area contributed by atoms with Crippen molar-refractivity contribution in [2.45, 2.75) is 51.1 Å². The molecule has 1 aliphatic heterocycles. The molecule has 1 aliphatic carbocycles. The standard InChI is InChI=1S/C30H36F3NO4/c31-30(32,33)26-8-2-5-23(21-26)10-11-24-12-13-28(35)27(24)9-3-6-22-4-1-7-25(20-22)29(36)38-19-16-34-14-17-37-18-15-34/h1-2,4-5,7-8,20-21,24,27H,3,6,9-19H2/t24-,27+/m0/s1. The van der Waals surface area contributed by atoms with Crippen LogP contribution in [0, 0.1) is 11.8 Å². The summed E-state index contributed by atoms with van der Waals surface area (Å²) in [4.78, 5) is 27.3. The molecule has 1 saturated carbocycles. The third-order valence-electron chi connectivity index (χ3n) is 7.69. The van der Waals surface area contributed by atoms with E-state index >= 15 is 0 Å². The normalized spacial score (nSPS) is 20.6. The summed E-state index contributed by atoms with van der Waals surface area (Å²) in [7, 11) is 0. The zero-order chi connectivity index (χ0) is 27.0. The highest BCUT2D eigenvalue weighted by Crippen LogP contribution is 2.36. The second kappa shape index (κ2) is 13.4. The smallest absolute Gasteiger partial charge is 0.416 e. The first-order valence-electron chi connectivity index (χ1n) is 13.5. The molecule has 0 N–H and O–H groups in total. The van der Waals surface area contributed by atoms with Gasteiger partial charge in [-0.1, -0.05) is 30.3 Å². The van der Waals surface area contributed by atoms with E-state index in [1.54, 1.807) is 12.1 Å². The van der Waals surface area contributed by atoms with Gasteiger partial charge in [-0.25, -0.2) is 4.79 Å². The van der Waals surface area contributed by atoms with Crippen molar-refractivity contribution in [1.29, 1.82) is 0 Å². The highest BCUT2D eigenvalue weighted by atomic mass is 19.4. The lowest BCUT2D eigenvalue weighted by Gasteiger charge is -2.26. The molecule has 206 valence electrons. The number of benzene rings is 2. The Kier molecular flexibility index (Phi) is 9.97. The number of hydrogen-bond donors (Lipinski definition) is 0. The van der Waals surface area contributed by atoms with E-state index in [1.165, 1.54) is 12.1 Å². The molecule has 38 heavy (non-hydrogen) atoms. The first-order chi connectivity index (χ1) is 18.3. The summed E-state index contributed by atoms with van der Waals surface area (Å²) in [5.41, 5.74) is 1.59. The van der Waals surface area contributed by atoms with Crippen LogP contribution in [0.25, 0.3) is 0 Å². The topological polar surface area (TPSA) is 55.8 Å². The van der Waals surface area contributed by atoms with E-state index < -0.39 is 11.7 Å². The summed E-state index contributed by atoms with van der Waals surface area (Å²) in [6.45, 7) is 4.15. The molecule has 0 unspecified atom stereocenters. The fraction of sp³-hybridized carbons (Fsp3) is 0.533. The fourth-order valence-corrected chi connectivity index (χ4v) is 5.53. The first kappa shape index (κ1) is 28.3. The van der Waals surface area contributed by atoms with Crippen LogP contribution in [-0.4, -0.2) is 56.1 Å². The van der Waals surface area contributed by atoms with Crippen LogP contribution in [0.1, 0.15) is 59.2 Å². The van der Waals surface area contributed by atoms with Gasteiger partial charge in [0.25, 0.3) is 0 Å². The van der Waals surface area contributed by atoms with Crippen LogP contribution < -0.4 is 0 Å². The third-order valence-corrected chi connectivity index (χ3v) is 7.69. The summed E-state index contributed by atoms with van der Waals surface area (Å²) in [6, 6.07) is 12.9. The van der Waals surface area contributed by atoms with Crippen LogP contribution in [0.2, 0.25) is 0 Å². The van der Waals surface area contributed by atoms with E-state index in [1.807, 2.05) is 18.2 Å². The number of ketones is 1. The predicted molar refractivity (Wildman–Crippen MR) is 138 cm³/mol. The molecular formula is C30H36F3NO4. The molecular weight excluding hydrogens is 495 g/mol. The highest BCUT2D eigenvalue weighted by Gasteiger charge is 2.34. The number of rotatable bonds is 11. The van der Waals surface area contributed by atoms with Gasteiger partial charge in [0.1, 0.15) is 12.4 Å². The largest absolute Gasteiger partial charge is 0.461 e. The number of alkyl halides is 3. The lowest BCUT2D eigenvalue weighted by molar-refractivity contribution is -0.137. The SMILES string of the molecule is O=C(OCCN1CCOCC1)c1cccc(CCC[C@H]2C(=O)CC[C@@H]2CCc2cccc(C(F)(F)F)c2)c1. The molecule has 1 saturated heterocycles. The van der Waals surface area contributed by atoms with Crippen LogP contribution in [0.3, 0.4) is 0 Å². The molecule has 2 aromatic rings. The molecule has 4 rings (SSSR count). The van der Waals surface area contributed by atoms with Crippen molar-refractivity contribution in [2.24, 2.45) is 11.8 Å². The average molecular weight is 532 g/mol. The van der Waals surface area contributed by atoms with Crippen molar-refractivity contribution in [3.63, 3.8) is 0 Å². The minimum atomic E-state index is -4.35. The van der Waals surface area contributed by atoms with Gasteiger partial charge < -0.3 is 9.47 Å². The van der Waals surface area contributed by atoms with E-state index in [2.05, 4.69) is 4.90 Å². The van der Waals surface area contributed by atoms with Gasteiger partial charge in [-0.3, -0.25) is 9.69 Å². The summed E-state index contributed by atoms with van der Waals surface area (Å²) < 4.78 is 49.8. The second-order valence-electron chi connectivity index (χ2n) is 10.3. The molecule has 0 aromatic heterocycles. The van der Waals surface area contributed by atoms with Crippen molar-refractivity contribution >= 4 is 11.8 Å². The Morgan fingerprint density at radius 3 is 2.50 bits per heavy atom. The van der Waals surface area contributed by atoms with Crippen LogP contribution in [0.4, 0.5) is 13.2 Å². The van der Waals surface area contributed by atoms with Crippen molar-refractivity contribution in [3.8, 4) is 0 Å². The molecule has 2 atom stereocenters. The van der Waals surface area contributed by atoms with Gasteiger partial charge in [-0.15, -0.1) is 0 Å². The molecule has 0 bridgehead atoms. The van der Waals surface area contributed by atoms with Crippen molar-refractivity contribution < 1.29 is 32.2 Å². The van der Waals surface area contributed by atoms with Crippen molar-refractivity contribution in [2.75, 3.05) is 39.5 Å². The maximum Gasteiger partial charge on any atom is 0.416 e. The molecule has 2 aromatic carbocycles. The van der Waals surface area contributed by atoms with E-state index in [9.17, 15) is 22.8 Å². The van der Waals surface area contributed by atoms with E-state index in [4.69, 9.17) is 9.47 Å². The number of ether oxygens (including phenoxy) is 2. The van der Waals surface area contributed by atoms with Crippen LogP contribution in [-0.2, 0) is 33.3 Å². The summed E-state index contributed by atoms with van der Waals surface area (Å²) in [6.07, 6.45) is 0.555. The Balaban J connectivity index is 1.23. The zero-order valence-electron chi connectivity index (χ0n) is 21.7. The molecule has 5 nitrogen and oxygen atoms in total. The number of carbonyl (C=O) groups excluding carboxylic acids is 2. The quantitative estimate of drug-likeness (QED) is 0.346. The minimum Gasteiger partial charge on any atom is -0.461 e. The number of Topliss-reactive ketones (excluding diaryl/α,β-unsaturated/α-hetero) is 1. The lowest BCUT2D eigenvalue weighted by atomic mass is 9.85. The van der Waals surface area contributed by atoms with Gasteiger partial charge in [0.15, 0.2) is 0 Å². The Bertz CT molecular complexity index is 1080. The Hall–Kier alpha value is -2.71. The lowest BCUT2D eigenvalue weighted by Crippen LogP contribution is -2.38. The van der Waals surface area contributed by atoms with Gasteiger partial charge >= 0.3 is 12.1 Å². The monoisotopic (exact) mass is 531 g/mol. The van der Waals surface area contributed by atoms with Gasteiger partial charge in [-0.2, -0.15) is 13.2 Å². The molecule has 0 radical (unpaired) electrons. The molecule has 2 fully saturated rings. The molecule has 0 amide bonds. The molecule has 0 spiro atoms. The Morgan fingerprint density at radius 2 is 1.74 bits per heavy atom. The number of morpholine rings is 1.